The number of hydrogen-bond donors (Lipinski definition) is 3. The first kappa shape index (κ1) is 18.9. The Bertz CT molecular complexity index is 857. The molecule has 4 rings (SSSR count). The summed E-state index contributed by atoms with van der Waals surface area (Å²) in [6, 6.07) is 1.78. The van der Waals surface area contributed by atoms with Gasteiger partial charge in [-0.1, -0.05) is 18.0 Å². The van der Waals surface area contributed by atoms with Crippen molar-refractivity contribution < 1.29 is 14.1 Å². The number of carbonyl (C=O) groups excluding carboxylic acids is 2. The molecule has 0 atom stereocenters. The van der Waals surface area contributed by atoms with E-state index in [1.165, 1.54) is 24.2 Å². The molecule has 3 heterocycles. The van der Waals surface area contributed by atoms with Gasteiger partial charge in [-0.05, 0) is 19.8 Å². The molecule has 0 radical (unpaired) electrons. The molecule has 1 aliphatic carbocycles. The number of nitrogens with zero attached hydrogens (tertiary/aromatic N) is 3. The van der Waals surface area contributed by atoms with Crippen LogP contribution in [-0.4, -0.2) is 46.1 Å². The van der Waals surface area contributed by atoms with Gasteiger partial charge in [-0.25, -0.2) is 9.78 Å². The van der Waals surface area contributed by atoms with Crippen LogP contribution in [0.2, 0.25) is 0 Å². The molecule has 2 aliphatic rings. The molecule has 2 aromatic heterocycles. The maximum atomic E-state index is 12.2. The highest BCUT2D eigenvalue weighted by molar-refractivity contribution is 7.15. The molecule has 3 N–H and O–H groups in total. The van der Waals surface area contributed by atoms with Crippen molar-refractivity contribution >= 4 is 34.2 Å². The van der Waals surface area contributed by atoms with Gasteiger partial charge in [-0.2, -0.15) is 0 Å². The summed E-state index contributed by atoms with van der Waals surface area (Å²) in [5.41, 5.74) is 1.00. The van der Waals surface area contributed by atoms with E-state index in [4.69, 9.17) is 4.52 Å². The second-order valence-corrected chi connectivity index (χ2v) is 8.38. The van der Waals surface area contributed by atoms with Gasteiger partial charge in [0.05, 0.1) is 12.2 Å². The summed E-state index contributed by atoms with van der Waals surface area (Å²) in [7, 11) is 0. The Hall–Kier alpha value is -2.46. The van der Waals surface area contributed by atoms with Crippen molar-refractivity contribution in [3.63, 3.8) is 0 Å². The molecule has 0 spiro atoms. The number of carbonyl (C=O) groups is 2. The van der Waals surface area contributed by atoms with Gasteiger partial charge in [0.15, 0.2) is 10.9 Å². The second kappa shape index (κ2) is 8.27. The van der Waals surface area contributed by atoms with Crippen molar-refractivity contribution in [2.45, 2.75) is 51.6 Å². The van der Waals surface area contributed by atoms with Crippen LogP contribution in [0.5, 0.6) is 0 Å². The van der Waals surface area contributed by atoms with Crippen LogP contribution in [-0.2, 0) is 17.8 Å². The van der Waals surface area contributed by atoms with Crippen molar-refractivity contribution in [1.82, 2.24) is 20.4 Å². The highest BCUT2D eigenvalue weighted by Gasteiger charge is 2.24. The zero-order chi connectivity index (χ0) is 19.5. The molecule has 10 heteroatoms. The lowest BCUT2D eigenvalue weighted by molar-refractivity contribution is -0.117. The van der Waals surface area contributed by atoms with Gasteiger partial charge < -0.3 is 15.2 Å². The molecule has 2 aromatic rings. The third-order valence-corrected chi connectivity index (χ3v) is 5.98. The van der Waals surface area contributed by atoms with Crippen molar-refractivity contribution in [3.8, 4) is 0 Å². The van der Waals surface area contributed by atoms with E-state index in [2.05, 4.69) is 31.0 Å². The SMILES string of the molecule is Cc1cc(NC(=O)CN2CCc3nc(NC(=O)NC4CCCC4)sc3C2)no1. The molecule has 0 aromatic carbocycles. The lowest BCUT2D eigenvalue weighted by Gasteiger charge is -2.24. The Kier molecular flexibility index (Phi) is 5.58. The molecule has 0 saturated heterocycles. The molecule has 3 amide bonds. The molecule has 0 bridgehead atoms. The van der Waals surface area contributed by atoms with Crippen LogP contribution in [0.1, 0.15) is 42.0 Å². The summed E-state index contributed by atoms with van der Waals surface area (Å²) in [4.78, 5) is 32.0. The Morgan fingerprint density at radius 1 is 1.32 bits per heavy atom. The fraction of sp³-hybridized carbons (Fsp3) is 0.556. The second-order valence-electron chi connectivity index (χ2n) is 7.30. The average Bonchev–Trinajstić information content (AvgIpc) is 3.36. The molecular formula is C18H24N6O3S. The molecule has 150 valence electrons. The molecule has 1 aliphatic heterocycles. The summed E-state index contributed by atoms with van der Waals surface area (Å²) in [5.74, 6) is 0.952. The Balaban J connectivity index is 1.28. The number of nitrogens with one attached hydrogen (secondary N) is 3. The number of hydrogen-bond acceptors (Lipinski definition) is 7. The lowest BCUT2D eigenvalue weighted by Crippen LogP contribution is -2.36. The fourth-order valence-corrected chi connectivity index (χ4v) is 4.68. The van der Waals surface area contributed by atoms with E-state index in [0.717, 1.165) is 36.4 Å². The molecule has 28 heavy (non-hydrogen) atoms. The number of aromatic nitrogens is 2. The van der Waals surface area contributed by atoms with Gasteiger partial charge in [-0.15, -0.1) is 11.3 Å². The third kappa shape index (κ3) is 4.68. The highest BCUT2D eigenvalue weighted by atomic mass is 32.1. The molecular weight excluding hydrogens is 380 g/mol. The van der Waals surface area contributed by atoms with Crippen LogP contribution in [0.25, 0.3) is 0 Å². The predicted octanol–water partition coefficient (Wildman–Crippen LogP) is 2.50. The maximum Gasteiger partial charge on any atom is 0.321 e. The summed E-state index contributed by atoms with van der Waals surface area (Å²) in [6.45, 7) is 3.44. The molecule has 1 fully saturated rings. The zero-order valence-corrected chi connectivity index (χ0v) is 16.6. The van der Waals surface area contributed by atoms with Gasteiger partial charge >= 0.3 is 6.03 Å². The van der Waals surface area contributed by atoms with Crippen LogP contribution in [0, 0.1) is 6.92 Å². The van der Waals surface area contributed by atoms with Gasteiger partial charge in [0, 0.05) is 36.5 Å². The zero-order valence-electron chi connectivity index (χ0n) is 15.8. The fourth-order valence-electron chi connectivity index (χ4n) is 3.64. The van der Waals surface area contributed by atoms with Crippen molar-refractivity contribution in [2.75, 3.05) is 23.7 Å². The van der Waals surface area contributed by atoms with Crippen LogP contribution >= 0.6 is 11.3 Å². The van der Waals surface area contributed by atoms with Gasteiger partial charge in [0.1, 0.15) is 5.76 Å². The number of thiazole rings is 1. The van der Waals surface area contributed by atoms with Gasteiger partial charge in [0.2, 0.25) is 5.91 Å². The maximum absolute atomic E-state index is 12.2. The largest absolute Gasteiger partial charge is 0.360 e. The van der Waals surface area contributed by atoms with Crippen LogP contribution in [0.15, 0.2) is 10.6 Å². The Morgan fingerprint density at radius 2 is 2.14 bits per heavy atom. The number of anilines is 2. The summed E-state index contributed by atoms with van der Waals surface area (Å²) < 4.78 is 4.95. The number of rotatable bonds is 5. The first-order valence-corrected chi connectivity index (χ1v) is 10.4. The number of fused-ring (bicyclic) bond motifs is 1. The highest BCUT2D eigenvalue weighted by Crippen LogP contribution is 2.28. The summed E-state index contributed by atoms with van der Waals surface area (Å²) in [5, 5.41) is 13.0. The van der Waals surface area contributed by atoms with Gasteiger partial charge in [-0.3, -0.25) is 15.0 Å². The van der Waals surface area contributed by atoms with Crippen LogP contribution in [0.4, 0.5) is 15.7 Å². The molecule has 0 unspecified atom stereocenters. The smallest absolute Gasteiger partial charge is 0.321 e. The standard InChI is InChI=1S/C18H24N6O3S/c1-11-8-15(23-27-11)21-16(25)10-24-7-6-13-14(9-24)28-18(20-13)22-17(26)19-12-4-2-3-5-12/h8,12H,2-7,9-10H2,1H3,(H,21,23,25)(H2,19,20,22,26). The lowest BCUT2D eigenvalue weighted by atomic mass is 10.2. The Morgan fingerprint density at radius 3 is 2.89 bits per heavy atom. The van der Waals surface area contributed by atoms with Crippen LogP contribution < -0.4 is 16.0 Å². The first-order valence-electron chi connectivity index (χ1n) is 9.57. The van der Waals surface area contributed by atoms with E-state index >= 15 is 0 Å². The third-order valence-electron chi connectivity index (χ3n) is 4.98. The quantitative estimate of drug-likeness (QED) is 0.706. The van der Waals surface area contributed by atoms with Crippen molar-refractivity contribution in [1.29, 1.82) is 0 Å². The monoisotopic (exact) mass is 404 g/mol. The molecule has 1 saturated carbocycles. The Labute approximate surface area is 166 Å². The van der Waals surface area contributed by atoms with Crippen molar-refractivity contribution in [3.05, 3.63) is 22.4 Å². The van der Waals surface area contributed by atoms with Gasteiger partial charge in [0.25, 0.3) is 0 Å². The number of urea groups is 1. The minimum Gasteiger partial charge on any atom is -0.360 e. The average molecular weight is 404 g/mol. The summed E-state index contributed by atoms with van der Waals surface area (Å²) in [6.07, 6.45) is 5.21. The topological polar surface area (TPSA) is 112 Å². The van der Waals surface area contributed by atoms with E-state index in [-0.39, 0.29) is 24.5 Å². The predicted molar refractivity (Wildman–Crippen MR) is 105 cm³/mol. The van der Waals surface area contributed by atoms with Crippen LogP contribution in [0.3, 0.4) is 0 Å². The first-order chi connectivity index (χ1) is 13.5. The normalized spacial score (nSPS) is 17.3. The van der Waals surface area contributed by atoms with E-state index in [1.807, 2.05) is 0 Å². The summed E-state index contributed by atoms with van der Waals surface area (Å²) >= 11 is 1.48. The van der Waals surface area contributed by atoms with Crippen molar-refractivity contribution in [2.24, 2.45) is 0 Å². The van der Waals surface area contributed by atoms with E-state index in [1.54, 1.807) is 13.0 Å². The van der Waals surface area contributed by atoms with E-state index < -0.39 is 0 Å². The van der Waals surface area contributed by atoms with E-state index in [0.29, 0.717) is 23.3 Å². The van der Waals surface area contributed by atoms with E-state index in [9.17, 15) is 9.59 Å². The minimum absolute atomic E-state index is 0.129. The number of amides is 3. The molecule has 9 nitrogen and oxygen atoms in total. The number of aryl methyl sites for hydroxylation is 1. The minimum atomic E-state index is -0.183.